The summed E-state index contributed by atoms with van der Waals surface area (Å²) in [7, 11) is 1.79. The van der Waals surface area contributed by atoms with Gasteiger partial charge in [-0.1, -0.05) is 11.6 Å². The molecule has 0 saturated heterocycles. The predicted octanol–water partition coefficient (Wildman–Crippen LogP) is 2.01. The van der Waals surface area contributed by atoms with E-state index in [9.17, 15) is 4.79 Å². The molecule has 2 rings (SSSR count). The van der Waals surface area contributed by atoms with Gasteiger partial charge in [-0.3, -0.25) is 4.68 Å². The van der Waals surface area contributed by atoms with E-state index in [0.29, 0.717) is 11.3 Å². The van der Waals surface area contributed by atoms with Gasteiger partial charge >= 0.3 is 5.97 Å². The van der Waals surface area contributed by atoms with E-state index in [4.69, 9.17) is 22.1 Å². The van der Waals surface area contributed by atoms with Crippen molar-refractivity contribution in [2.24, 2.45) is 7.05 Å². The Hall–Kier alpha value is -2.01. The largest absolute Gasteiger partial charge is 0.457 e. The number of carbonyl (C=O) groups excluding carboxylic acids is 1. The molecule has 2 N–H and O–H groups in total. The van der Waals surface area contributed by atoms with Crippen LogP contribution in [-0.4, -0.2) is 15.7 Å². The lowest BCUT2D eigenvalue weighted by Crippen LogP contribution is -2.06. The number of nitrogens with two attached hydrogens (primary N) is 1. The van der Waals surface area contributed by atoms with Gasteiger partial charge in [0, 0.05) is 24.5 Å². The Labute approximate surface area is 109 Å². The van der Waals surface area contributed by atoms with Crippen molar-refractivity contribution in [3.63, 3.8) is 0 Å². The number of benzene rings is 1. The van der Waals surface area contributed by atoms with Gasteiger partial charge in [0.2, 0.25) is 0 Å². The Morgan fingerprint density at radius 3 is 2.94 bits per heavy atom. The second kappa shape index (κ2) is 5.10. The highest BCUT2D eigenvalue weighted by atomic mass is 35.5. The second-order valence-electron chi connectivity index (χ2n) is 3.84. The standard InChI is InChI=1S/C12H12ClN3O2/c1-16-6-8(5-15-16)7-18-12(17)10-3-2-9(14)4-11(10)13/h2-6H,7,14H2,1H3. The molecule has 1 aromatic heterocycles. The van der Waals surface area contributed by atoms with E-state index in [0.717, 1.165) is 5.56 Å². The lowest BCUT2D eigenvalue weighted by atomic mass is 10.2. The number of esters is 1. The number of nitrogens with zero attached hydrogens (tertiary/aromatic N) is 2. The van der Waals surface area contributed by atoms with Gasteiger partial charge < -0.3 is 10.5 Å². The van der Waals surface area contributed by atoms with E-state index in [2.05, 4.69) is 5.10 Å². The number of aromatic nitrogens is 2. The third-order valence-electron chi connectivity index (χ3n) is 2.34. The molecule has 0 aliphatic heterocycles. The maximum Gasteiger partial charge on any atom is 0.339 e. The van der Waals surface area contributed by atoms with E-state index in [1.807, 2.05) is 0 Å². The van der Waals surface area contributed by atoms with E-state index in [1.54, 1.807) is 36.3 Å². The number of rotatable bonds is 3. The zero-order chi connectivity index (χ0) is 13.1. The summed E-state index contributed by atoms with van der Waals surface area (Å²) < 4.78 is 6.77. The third kappa shape index (κ3) is 2.81. The number of aryl methyl sites for hydroxylation is 1. The highest BCUT2D eigenvalue weighted by molar-refractivity contribution is 6.33. The van der Waals surface area contributed by atoms with E-state index in [1.165, 1.54) is 6.07 Å². The van der Waals surface area contributed by atoms with Crippen LogP contribution in [-0.2, 0) is 18.4 Å². The van der Waals surface area contributed by atoms with Crippen molar-refractivity contribution in [1.82, 2.24) is 9.78 Å². The van der Waals surface area contributed by atoms with Crippen LogP contribution in [0.5, 0.6) is 0 Å². The third-order valence-corrected chi connectivity index (χ3v) is 2.65. The number of nitrogen functional groups attached to an aromatic ring is 1. The van der Waals surface area contributed by atoms with Crippen molar-refractivity contribution >= 4 is 23.3 Å². The van der Waals surface area contributed by atoms with Crippen LogP contribution in [0, 0.1) is 0 Å². The van der Waals surface area contributed by atoms with Crippen molar-refractivity contribution < 1.29 is 9.53 Å². The molecule has 0 aliphatic carbocycles. The van der Waals surface area contributed by atoms with Crippen LogP contribution in [0.1, 0.15) is 15.9 Å². The SMILES string of the molecule is Cn1cc(COC(=O)c2ccc(N)cc2Cl)cn1. The molecule has 0 radical (unpaired) electrons. The van der Waals surface area contributed by atoms with Gasteiger partial charge in [-0.25, -0.2) is 4.79 Å². The van der Waals surface area contributed by atoms with E-state index < -0.39 is 5.97 Å². The summed E-state index contributed by atoms with van der Waals surface area (Å²) in [6.45, 7) is 0.160. The zero-order valence-electron chi connectivity index (χ0n) is 9.76. The molecule has 6 heteroatoms. The molecule has 1 heterocycles. The summed E-state index contributed by atoms with van der Waals surface area (Å²) in [4.78, 5) is 11.8. The fourth-order valence-electron chi connectivity index (χ4n) is 1.47. The first-order valence-corrected chi connectivity index (χ1v) is 5.64. The summed E-state index contributed by atoms with van der Waals surface area (Å²) >= 11 is 5.91. The number of halogens is 1. The molecule has 1 aromatic carbocycles. The first kappa shape index (κ1) is 12.4. The molecular formula is C12H12ClN3O2. The fraction of sp³-hybridized carbons (Fsp3) is 0.167. The predicted molar refractivity (Wildman–Crippen MR) is 68.2 cm³/mol. The number of hydrogen-bond donors (Lipinski definition) is 1. The van der Waals surface area contributed by atoms with Crippen molar-refractivity contribution in [2.75, 3.05) is 5.73 Å². The molecule has 94 valence electrons. The highest BCUT2D eigenvalue weighted by Crippen LogP contribution is 2.20. The van der Waals surface area contributed by atoms with Crippen LogP contribution in [0.25, 0.3) is 0 Å². The number of carbonyl (C=O) groups is 1. The smallest absolute Gasteiger partial charge is 0.339 e. The Kier molecular flexibility index (Phi) is 3.53. The van der Waals surface area contributed by atoms with Crippen LogP contribution in [0.2, 0.25) is 5.02 Å². The second-order valence-corrected chi connectivity index (χ2v) is 4.24. The van der Waals surface area contributed by atoms with Gasteiger partial charge in [-0.15, -0.1) is 0 Å². The van der Waals surface area contributed by atoms with E-state index in [-0.39, 0.29) is 11.6 Å². The van der Waals surface area contributed by atoms with Gasteiger partial charge in [-0.2, -0.15) is 5.10 Å². The van der Waals surface area contributed by atoms with Crippen molar-refractivity contribution in [1.29, 1.82) is 0 Å². The molecule has 0 fully saturated rings. The topological polar surface area (TPSA) is 70.1 Å². The molecule has 0 atom stereocenters. The normalized spacial score (nSPS) is 10.3. The number of ether oxygens (including phenoxy) is 1. The molecule has 0 unspecified atom stereocenters. The maximum absolute atomic E-state index is 11.8. The molecule has 0 spiro atoms. The van der Waals surface area contributed by atoms with Crippen LogP contribution < -0.4 is 5.73 Å². The van der Waals surface area contributed by atoms with Crippen LogP contribution in [0.4, 0.5) is 5.69 Å². The molecule has 18 heavy (non-hydrogen) atoms. The minimum Gasteiger partial charge on any atom is -0.457 e. The summed E-state index contributed by atoms with van der Waals surface area (Å²) in [6, 6.07) is 4.66. The minimum absolute atomic E-state index is 0.160. The van der Waals surface area contributed by atoms with Gasteiger partial charge in [0.25, 0.3) is 0 Å². The zero-order valence-corrected chi connectivity index (χ0v) is 10.5. The monoisotopic (exact) mass is 265 g/mol. The highest BCUT2D eigenvalue weighted by Gasteiger charge is 2.12. The van der Waals surface area contributed by atoms with E-state index >= 15 is 0 Å². The first-order chi connectivity index (χ1) is 8.56. The summed E-state index contributed by atoms with van der Waals surface area (Å²) in [5, 5.41) is 4.26. The maximum atomic E-state index is 11.8. The number of hydrogen-bond acceptors (Lipinski definition) is 4. The first-order valence-electron chi connectivity index (χ1n) is 5.26. The van der Waals surface area contributed by atoms with Crippen LogP contribution >= 0.6 is 11.6 Å². The average Bonchev–Trinajstić information content (AvgIpc) is 2.72. The fourth-order valence-corrected chi connectivity index (χ4v) is 1.74. The van der Waals surface area contributed by atoms with Gasteiger partial charge in [-0.05, 0) is 18.2 Å². The van der Waals surface area contributed by atoms with Crippen LogP contribution in [0.3, 0.4) is 0 Å². The summed E-state index contributed by atoms with van der Waals surface area (Å²) in [6.07, 6.45) is 3.41. The Morgan fingerprint density at radius 1 is 1.56 bits per heavy atom. The lowest BCUT2D eigenvalue weighted by Gasteiger charge is -2.05. The molecule has 2 aromatic rings. The molecule has 0 bridgehead atoms. The molecular weight excluding hydrogens is 254 g/mol. The number of anilines is 1. The average molecular weight is 266 g/mol. The lowest BCUT2D eigenvalue weighted by molar-refractivity contribution is 0.0473. The Bertz CT molecular complexity index is 580. The summed E-state index contributed by atoms with van der Waals surface area (Å²) in [5.74, 6) is -0.483. The van der Waals surface area contributed by atoms with Crippen molar-refractivity contribution in [3.8, 4) is 0 Å². The Balaban J connectivity index is 2.03. The summed E-state index contributed by atoms with van der Waals surface area (Å²) in [5.41, 5.74) is 7.17. The van der Waals surface area contributed by atoms with Gasteiger partial charge in [0.1, 0.15) is 6.61 Å². The van der Waals surface area contributed by atoms with Gasteiger partial charge in [0.15, 0.2) is 0 Å². The Morgan fingerprint density at radius 2 is 2.33 bits per heavy atom. The molecule has 5 nitrogen and oxygen atoms in total. The van der Waals surface area contributed by atoms with Crippen molar-refractivity contribution in [3.05, 3.63) is 46.7 Å². The van der Waals surface area contributed by atoms with Gasteiger partial charge in [0.05, 0.1) is 16.8 Å². The molecule has 0 saturated carbocycles. The quantitative estimate of drug-likeness (QED) is 0.681. The van der Waals surface area contributed by atoms with Crippen molar-refractivity contribution in [2.45, 2.75) is 6.61 Å². The molecule has 0 aliphatic rings. The van der Waals surface area contributed by atoms with Crippen LogP contribution in [0.15, 0.2) is 30.6 Å². The molecule has 0 amide bonds. The minimum atomic E-state index is -0.483.